The number of sulfonamides is 1. The van der Waals surface area contributed by atoms with Crippen LogP contribution in [0, 0.1) is 13.8 Å². The summed E-state index contributed by atoms with van der Waals surface area (Å²) in [5, 5.41) is 0. The lowest BCUT2D eigenvalue weighted by atomic mass is 10.2. The number of aromatic amines is 1. The first-order valence-corrected chi connectivity index (χ1v) is 8.75. The molecule has 0 amide bonds. The lowest BCUT2D eigenvalue weighted by molar-refractivity contribution is 0.0521. The molecule has 7 heteroatoms. The van der Waals surface area contributed by atoms with Crippen molar-refractivity contribution in [1.29, 1.82) is 0 Å². The molecule has 0 saturated heterocycles. The second kappa shape index (κ2) is 6.97. The fourth-order valence-corrected chi connectivity index (χ4v) is 3.85. The number of carbonyl (C=O) groups excluding carboxylic acids is 1. The summed E-state index contributed by atoms with van der Waals surface area (Å²) in [6.07, 6.45) is 0. The molecule has 23 heavy (non-hydrogen) atoms. The van der Waals surface area contributed by atoms with Crippen LogP contribution in [0.1, 0.15) is 34.2 Å². The van der Waals surface area contributed by atoms with E-state index in [0.717, 1.165) is 5.56 Å². The van der Waals surface area contributed by atoms with Gasteiger partial charge < -0.3 is 9.72 Å². The molecule has 0 aliphatic rings. The van der Waals surface area contributed by atoms with Crippen molar-refractivity contribution < 1.29 is 17.9 Å². The van der Waals surface area contributed by atoms with Gasteiger partial charge in [-0.25, -0.2) is 17.9 Å². The minimum absolute atomic E-state index is 0.0515. The summed E-state index contributed by atoms with van der Waals surface area (Å²) < 4.78 is 32.8. The van der Waals surface area contributed by atoms with Crippen molar-refractivity contribution in [2.24, 2.45) is 0 Å². The van der Waals surface area contributed by atoms with Crippen LogP contribution >= 0.6 is 0 Å². The molecule has 1 aromatic heterocycles. The lowest BCUT2D eigenvalue weighted by Crippen LogP contribution is -2.25. The molecule has 124 valence electrons. The molecule has 2 N–H and O–H groups in total. The Bertz CT molecular complexity index is 795. The van der Waals surface area contributed by atoms with Crippen molar-refractivity contribution in [2.45, 2.75) is 32.2 Å². The molecule has 1 heterocycles. The highest BCUT2D eigenvalue weighted by Crippen LogP contribution is 2.24. The van der Waals surface area contributed by atoms with E-state index in [2.05, 4.69) is 9.71 Å². The number of aryl methyl sites for hydroxylation is 2. The van der Waals surface area contributed by atoms with E-state index in [1.165, 1.54) is 0 Å². The van der Waals surface area contributed by atoms with Gasteiger partial charge in [0.2, 0.25) is 10.0 Å². The summed E-state index contributed by atoms with van der Waals surface area (Å²) in [4.78, 5) is 14.9. The molecule has 0 saturated carbocycles. The predicted octanol–water partition coefficient (Wildman–Crippen LogP) is 2.29. The van der Waals surface area contributed by atoms with Crippen LogP contribution in [0.15, 0.2) is 35.2 Å². The second-order valence-electron chi connectivity index (χ2n) is 5.11. The fourth-order valence-electron chi connectivity index (χ4n) is 2.39. The lowest BCUT2D eigenvalue weighted by Gasteiger charge is -2.09. The van der Waals surface area contributed by atoms with Gasteiger partial charge in [0, 0.05) is 17.9 Å². The zero-order chi connectivity index (χ0) is 17.0. The van der Waals surface area contributed by atoms with Crippen molar-refractivity contribution in [2.75, 3.05) is 6.61 Å². The highest BCUT2D eigenvalue weighted by molar-refractivity contribution is 7.89. The van der Waals surface area contributed by atoms with E-state index >= 15 is 0 Å². The van der Waals surface area contributed by atoms with Gasteiger partial charge in [-0.15, -0.1) is 0 Å². The van der Waals surface area contributed by atoms with Crippen LogP contribution in [0.25, 0.3) is 0 Å². The summed E-state index contributed by atoms with van der Waals surface area (Å²) in [6.45, 7) is 5.27. The first-order chi connectivity index (χ1) is 10.9. The van der Waals surface area contributed by atoms with Gasteiger partial charge in [0.05, 0.1) is 6.61 Å². The maximum Gasteiger partial charge on any atom is 0.341 e. The molecule has 0 radical (unpaired) electrons. The number of hydrogen-bond acceptors (Lipinski definition) is 4. The van der Waals surface area contributed by atoms with E-state index < -0.39 is 16.0 Å². The standard InChI is InChI=1S/C16H20N2O4S/c1-4-22-16(19)14-11(2)18-12(3)15(14)23(20,21)17-10-13-8-6-5-7-9-13/h5-9,17-18H,4,10H2,1-3H3. The summed E-state index contributed by atoms with van der Waals surface area (Å²) in [6, 6.07) is 9.17. The van der Waals surface area contributed by atoms with Gasteiger partial charge in [0.1, 0.15) is 10.5 Å². The van der Waals surface area contributed by atoms with Gasteiger partial charge in [-0.05, 0) is 26.3 Å². The van der Waals surface area contributed by atoms with Crippen LogP contribution in [0.3, 0.4) is 0 Å². The maximum atomic E-state index is 12.6. The highest BCUT2D eigenvalue weighted by Gasteiger charge is 2.29. The zero-order valence-electron chi connectivity index (χ0n) is 13.3. The number of aromatic nitrogens is 1. The Morgan fingerprint density at radius 3 is 2.43 bits per heavy atom. The summed E-state index contributed by atoms with van der Waals surface area (Å²) in [5.41, 5.74) is 1.77. The molecule has 0 fully saturated rings. The van der Waals surface area contributed by atoms with Crippen LogP contribution in [0.2, 0.25) is 0 Å². The monoisotopic (exact) mass is 336 g/mol. The van der Waals surface area contributed by atoms with E-state index in [-0.39, 0.29) is 23.6 Å². The molecule has 0 unspecified atom stereocenters. The van der Waals surface area contributed by atoms with Crippen LogP contribution in [0.4, 0.5) is 0 Å². The molecular weight excluding hydrogens is 316 g/mol. The van der Waals surface area contributed by atoms with Gasteiger partial charge in [0.15, 0.2) is 0 Å². The van der Waals surface area contributed by atoms with Gasteiger partial charge in [-0.2, -0.15) is 0 Å². The van der Waals surface area contributed by atoms with E-state index in [1.54, 1.807) is 20.8 Å². The minimum atomic E-state index is -3.84. The van der Waals surface area contributed by atoms with Crippen LogP contribution in [-0.2, 0) is 21.3 Å². The Balaban J connectivity index is 2.34. The molecule has 0 bridgehead atoms. The number of hydrogen-bond donors (Lipinski definition) is 2. The molecule has 0 aliphatic heterocycles. The Kier molecular flexibility index (Phi) is 5.23. The quantitative estimate of drug-likeness (QED) is 0.792. The smallest absolute Gasteiger partial charge is 0.341 e. The van der Waals surface area contributed by atoms with Gasteiger partial charge in [-0.1, -0.05) is 30.3 Å². The number of rotatable bonds is 6. The number of esters is 1. The number of carbonyl (C=O) groups is 1. The van der Waals surface area contributed by atoms with E-state index in [9.17, 15) is 13.2 Å². The van der Waals surface area contributed by atoms with Crippen LogP contribution in [0.5, 0.6) is 0 Å². The third-order valence-corrected chi connectivity index (χ3v) is 4.95. The molecule has 0 atom stereocenters. The van der Waals surface area contributed by atoms with E-state index in [4.69, 9.17) is 4.74 Å². The number of benzene rings is 1. The molecule has 2 rings (SSSR count). The molecule has 2 aromatic rings. The fraction of sp³-hybridized carbons (Fsp3) is 0.312. The average molecular weight is 336 g/mol. The zero-order valence-corrected chi connectivity index (χ0v) is 14.2. The normalized spacial score (nSPS) is 11.4. The van der Waals surface area contributed by atoms with E-state index in [1.807, 2.05) is 30.3 Å². The van der Waals surface area contributed by atoms with Crippen molar-refractivity contribution in [1.82, 2.24) is 9.71 Å². The van der Waals surface area contributed by atoms with Gasteiger partial charge in [0.25, 0.3) is 0 Å². The van der Waals surface area contributed by atoms with E-state index in [0.29, 0.717) is 11.4 Å². The SMILES string of the molecule is CCOC(=O)c1c(C)[nH]c(C)c1S(=O)(=O)NCc1ccccc1. The summed E-state index contributed by atoms with van der Waals surface area (Å²) >= 11 is 0. The highest BCUT2D eigenvalue weighted by atomic mass is 32.2. The summed E-state index contributed by atoms with van der Waals surface area (Å²) in [7, 11) is -3.84. The molecule has 6 nitrogen and oxygen atoms in total. The van der Waals surface area contributed by atoms with Crippen molar-refractivity contribution in [3.8, 4) is 0 Å². The third-order valence-electron chi connectivity index (χ3n) is 3.38. The van der Waals surface area contributed by atoms with Gasteiger partial charge in [-0.3, -0.25) is 0 Å². The van der Waals surface area contributed by atoms with Gasteiger partial charge >= 0.3 is 5.97 Å². The predicted molar refractivity (Wildman–Crippen MR) is 86.7 cm³/mol. The van der Waals surface area contributed by atoms with Crippen molar-refractivity contribution in [3.63, 3.8) is 0 Å². The largest absolute Gasteiger partial charge is 0.462 e. The molecule has 1 aromatic carbocycles. The third kappa shape index (κ3) is 3.80. The Labute approximate surface area is 135 Å². The molecule has 0 spiro atoms. The number of nitrogens with one attached hydrogen (secondary N) is 2. The first kappa shape index (κ1) is 17.2. The second-order valence-corrected chi connectivity index (χ2v) is 6.81. The number of H-pyrrole nitrogens is 1. The minimum Gasteiger partial charge on any atom is -0.462 e. The van der Waals surface area contributed by atoms with Crippen LogP contribution < -0.4 is 4.72 Å². The number of ether oxygens (including phenoxy) is 1. The van der Waals surface area contributed by atoms with Crippen molar-refractivity contribution in [3.05, 3.63) is 52.8 Å². The summed E-state index contributed by atoms with van der Waals surface area (Å²) in [5.74, 6) is -0.644. The molecule has 0 aliphatic carbocycles. The molecular formula is C16H20N2O4S. The Morgan fingerprint density at radius 2 is 1.83 bits per heavy atom. The average Bonchev–Trinajstić information content (AvgIpc) is 2.82. The Morgan fingerprint density at radius 1 is 1.17 bits per heavy atom. The Hall–Kier alpha value is -2.12. The first-order valence-electron chi connectivity index (χ1n) is 7.26. The maximum absolute atomic E-state index is 12.6. The van der Waals surface area contributed by atoms with Crippen molar-refractivity contribution >= 4 is 16.0 Å². The van der Waals surface area contributed by atoms with Crippen LogP contribution in [-0.4, -0.2) is 26.0 Å². The topological polar surface area (TPSA) is 88.3 Å².